The van der Waals surface area contributed by atoms with Crippen LogP contribution < -0.4 is 14.8 Å². The molecule has 0 bridgehead atoms. The molecular weight excluding hydrogens is 332 g/mol. The Bertz CT molecular complexity index is 785. The van der Waals surface area contributed by atoms with Crippen LogP contribution in [-0.2, 0) is 0 Å². The molecule has 2 rings (SSSR count). The Kier molecular flexibility index (Phi) is 6.60. The Balaban J connectivity index is 2.35. The van der Waals surface area contributed by atoms with E-state index in [1.54, 1.807) is 47.4 Å². The van der Waals surface area contributed by atoms with Gasteiger partial charge in [0.15, 0.2) is 11.5 Å². The Labute approximate surface area is 153 Å². The number of amides is 2. The van der Waals surface area contributed by atoms with Crippen LogP contribution in [0.25, 0.3) is 0 Å². The summed E-state index contributed by atoms with van der Waals surface area (Å²) in [5.74, 6) is 0.316. The number of carbonyl (C=O) groups is 2. The number of anilines is 1. The van der Waals surface area contributed by atoms with Gasteiger partial charge in [0.2, 0.25) is 0 Å². The van der Waals surface area contributed by atoms with E-state index in [1.165, 1.54) is 14.2 Å². The first-order valence-corrected chi connectivity index (χ1v) is 8.47. The van der Waals surface area contributed by atoms with Crippen LogP contribution in [-0.4, -0.2) is 44.0 Å². The number of methoxy groups -OCH3 is 2. The van der Waals surface area contributed by atoms with Crippen molar-refractivity contribution in [2.75, 3.05) is 32.6 Å². The summed E-state index contributed by atoms with van der Waals surface area (Å²) in [4.78, 5) is 27.2. The number of hydrogen-bond acceptors (Lipinski definition) is 4. The van der Waals surface area contributed by atoms with E-state index in [1.807, 2.05) is 13.8 Å². The molecule has 1 N–H and O–H groups in total. The van der Waals surface area contributed by atoms with Crippen molar-refractivity contribution in [2.45, 2.75) is 13.8 Å². The van der Waals surface area contributed by atoms with Crippen LogP contribution in [0.4, 0.5) is 5.69 Å². The lowest BCUT2D eigenvalue weighted by molar-refractivity contribution is 0.0774. The number of para-hydroxylation sites is 2. The van der Waals surface area contributed by atoms with Crippen molar-refractivity contribution in [3.63, 3.8) is 0 Å². The summed E-state index contributed by atoms with van der Waals surface area (Å²) >= 11 is 0. The van der Waals surface area contributed by atoms with Crippen molar-refractivity contribution in [3.8, 4) is 11.5 Å². The van der Waals surface area contributed by atoms with E-state index in [2.05, 4.69) is 5.32 Å². The number of nitrogens with zero attached hydrogens (tertiary/aromatic N) is 1. The highest BCUT2D eigenvalue weighted by molar-refractivity contribution is 6.10. The fraction of sp³-hybridized carbons (Fsp3) is 0.300. The molecule has 0 aliphatic rings. The Morgan fingerprint density at radius 2 is 1.58 bits per heavy atom. The quantitative estimate of drug-likeness (QED) is 0.825. The van der Waals surface area contributed by atoms with Crippen molar-refractivity contribution < 1.29 is 19.1 Å². The highest BCUT2D eigenvalue weighted by Gasteiger charge is 2.20. The first-order valence-electron chi connectivity index (χ1n) is 8.47. The van der Waals surface area contributed by atoms with Crippen molar-refractivity contribution >= 4 is 17.5 Å². The fourth-order valence-corrected chi connectivity index (χ4v) is 2.72. The molecule has 2 aromatic rings. The van der Waals surface area contributed by atoms with Gasteiger partial charge in [0.1, 0.15) is 0 Å². The van der Waals surface area contributed by atoms with E-state index in [0.717, 1.165) is 0 Å². The summed E-state index contributed by atoms with van der Waals surface area (Å²) in [5, 5.41) is 2.81. The first kappa shape index (κ1) is 19.3. The third-order valence-corrected chi connectivity index (χ3v) is 4.10. The zero-order chi connectivity index (χ0) is 19.1. The van der Waals surface area contributed by atoms with Crippen LogP contribution in [0.3, 0.4) is 0 Å². The van der Waals surface area contributed by atoms with Crippen molar-refractivity contribution in [1.29, 1.82) is 0 Å². The van der Waals surface area contributed by atoms with Crippen LogP contribution in [0.1, 0.15) is 34.6 Å². The van der Waals surface area contributed by atoms with E-state index in [0.29, 0.717) is 41.4 Å². The molecule has 26 heavy (non-hydrogen) atoms. The normalized spacial score (nSPS) is 10.2. The second kappa shape index (κ2) is 8.89. The van der Waals surface area contributed by atoms with E-state index in [4.69, 9.17) is 9.47 Å². The van der Waals surface area contributed by atoms with E-state index < -0.39 is 0 Å². The number of carbonyl (C=O) groups excluding carboxylic acids is 2. The van der Waals surface area contributed by atoms with Crippen LogP contribution in [0.15, 0.2) is 42.5 Å². The van der Waals surface area contributed by atoms with Crippen LogP contribution in [0, 0.1) is 0 Å². The number of benzene rings is 2. The smallest absolute Gasteiger partial charge is 0.259 e. The largest absolute Gasteiger partial charge is 0.493 e. The Hall–Kier alpha value is -3.02. The van der Waals surface area contributed by atoms with Gasteiger partial charge in [-0.25, -0.2) is 0 Å². The van der Waals surface area contributed by atoms with Gasteiger partial charge in [-0.15, -0.1) is 0 Å². The number of ether oxygens (including phenoxy) is 2. The third kappa shape index (κ3) is 3.96. The molecule has 0 unspecified atom stereocenters. The maximum atomic E-state index is 12.8. The van der Waals surface area contributed by atoms with E-state index in [9.17, 15) is 9.59 Å². The predicted octanol–water partition coefficient (Wildman–Crippen LogP) is 3.44. The Morgan fingerprint density at radius 3 is 2.19 bits per heavy atom. The summed E-state index contributed by atoms with van der Waals surface area (Å²) < 4.78 is 10.5. The summed E-state index contributed by atoms with van der Waals surface area (Å²) in [6.07, 6.45) is 0. The SMILES string of the molecule is CCN(CC)C(=O)c1ccccc1NC(=O)c1cccc(OC)c1OC. The molecule has 0 radical (unpaired) electrons. The zero-order valence-corrected chi connectivity index (χ0v) is 15.5. The number of hydrogen-bond donors (Lipinski definition) is 1. The molecule has 6 nitrogen and oxygen atoms in total. The first-order chi connectivity index (χ1) is 12.6. The monoisotopic (exact) mass is 356 g/mol. The molecule has 0 aliphatic heterocycles. The highest BCUT2D eigenvalue weighted by Crippen LogP contribution is 2.31. The summed E-state index contributed by atoms with van der Waals surface area (Å²) in [7, 11) is 2.99. The molecular formula is C20H24N2O4. The molecule has 138 valence electrons. The number of rotatable bonds is 7. The average Bonchev–Trinajstić information content (AvgIpc) is 2.68. The van der Waals surface area contributed by atoms with Gasteiger partial charge in [-0.3, -0.25) is 9.59 Å². The lowest BCUT2D eigenvalue weighted by atomic mass is 10.1. The summed E-state index contributed by atoms with van der Waals surface area (Å²) in [5.41, 5.74) is 1.24. The maximum absolute atomic E-state index is 12.8. The molecule has 0 fully saturated rings. The third-order valence-electron chi connectivity index (χ3n) is 4.10. The van der Waals surface area contributed by atoms with Crippen LogP contribution in [0.2, 0.25) is 0 Å². The van der Waals surface area contributed by atoms with Gasteiger partial charge >= 0.3 is 0 Å². The molecule has 0 saturated heterocycles. The minimum absolute atomic E-state index is 0.122. The summed E-state index contributed by atoms with van der Waals surface area (Å²) in [6.45, 7) is 5.04. The predicted molar refractivity (Wildman–Crippen MR) is 101 cm³/mol. The average molecular weight is 356 g/mol. The fourth-order valence-electron chi connectivity index (χ4n) is 2.72. The molecule has 0 atom stereocenters. The minimum Gasteiger partial charge on any atom is -0.493 e. The summed E-state index contributed by atoms with van der Waals surface area (Å²) in [6, 6.07) is 12.0. The second-order valence-electron chi connectivity index (χ2n) is 5.52. The van der Waals surface area contributed by atoms with Crippen LogP contribution >= 0.6 is 0 Å². The zero-order valence-electron chi connectivity index (χ0n) is 15.5. The lowest BCUT2D eigenvalue weighted by Crippen LogP contribution is -2.31. The number of nitrogens with one attached hydrogen (secondary N) is 1. The molecule has 0 aromatic heterocycles. The molecule has 0 spiro atoms. The van der Waals surface area contributed by atoms with Crippen molar-refractivity contribution in [3.05, 3.63) is 53.6 Å². The van der Waals surface area contributed by atoms with Gasteiger partial charge in [0.25, 0.3) is 11.8 Å². The highest BCUT2D eigenvalue weighted by atomic mass is 16.5. The molecule has 0 heterocycles. The molecule has 0 aliphatic carbocycles. The second-order valence-corrected chi connectivity index (χ2v) is 5.52. The van der Waals surface area contributed by atoms with Gasteiger partial charge in [0, 0.05) is 13.1 Å². The molecule has 6 heteroatoms. The maximum Gasteiger partial charge on any atom is 0.259 e. The standard InChI is InChI=1S/C20H24N2O4/c1-5-22(6-2)20(24)14-10-7-8-12-16(14)21-19(23)15-11-9-13-17(25-3)18(15)26-4/h7-13H,5-6H2,1-4H3,(H,21,23). The minimum atomic E-state index is -0.374. The van der Waals surface area contributed by atoms with Gasteiger partial charge in [-0.2, -0.15) is 0 Å². The van der Waals surface area contributed by atoms with Gasteiger partial charge in [0.05, 0.1) is 31.0 Å². The van der Waals surface area contributed by atoms with E-state index >= 15 is 0 Å². The molecule has 0 saturated carbocycles. The van der Waals surface area contributed by atoms with E-state index in [-0.39, 0.29) is 11.8 Å². The van der Waals surface area contributed by atoms with Gasteiger partial charge in [-0.1, -0.05) is 18.2 Å². The lowest BCUT2D eigenvalue weighted by Gasteiger charge is -2.20. The Morgan fingerprint density at radius 1 is 0.923 bits per heavy atom. The van der Waals surface area contributed by atoms with Gasteiger partial charge < -0.3 is 19.7 Å². The van der Waals surface area contributed by atoms with Crippen LogP contribution in [0.5, 0.6) is 11.5 Å². The van der Waals surface area contributed by atoms with Crippen molar-refractivity contribution in [2.24, 2.45) is 0 Å². The van der Waals surface area contributed by atoms with Crippen molar-refractivity contribution in [1.82, 2.24) is 4.90 Å². The molecule has 2 aromatic carbocycles. The molecule has 2 amide bonds. The van der Waals surface area contributed by atoms with Gasteiger partial charge in [-0.05, 0) is 38.1 Å². The topological polar surface area (TPSA) is 67.9 Å².